The summed E-state index contributed by atoms with van der Waals surface area (Å²) in [5.74, 6) is -0.197. The van der Waals surface area contributed by atoms with Crippen LogP contribution in [-0.2, 0) is 9.53 Å². The highest BCUT2D eigenvalue weighted by Crippen LogP contribution is 2.33. The molecule has 0 unspecified atom stereocenters. The quantitative estimate of drug-likeness (QED) is 0.646. The lowest BCUT2D eigenvalue weighted by Gasteiger charge is -2.36. The molecule has 3 N–H and O–H groups in total. The summed E-state index contributed by atoms with van der Waals surface area (Å²) in [5.41, 5.74) is -1.34. The molecule has 0 aromatic heterocycles. The van der Waals surface area contributed by atoms with Gasteiger partial charge in [0.05, 0.1) is 23.7 Å². The van der Waals surface area contributed by atoms with Crippen molar-refractivity contribution in [2.24, 2.45) is 5.92 Å². The smallest absolute Gasteiger partial charge is 0.308 e. The summed E-state index contributed by atoms with van der Waals surface area (Å²) in [7, 11) is 0. The Hall–Kier alpha value is -0.650. The van der Waals surface area contributed by atoms with Gasteiger partial charge < -0.3 is 20.3 Å². The van der Waals surface area contributed by atoms with Crippen molar-refractivity contribution in [3.63, 3.8) is 0 Å². The Labute approximate surface area is 127 Å². The molecule has 2 aliphatic rings. The second kappa shape index (κ2) is 7.07. The second-order valence-corrected chi connectivity index (χ2v) is 6.79. The lowest BCUT2D eigenvalue weighted by molar-refractivity contribution is -0.151. The molecule has 21 heavy (non-hydrogen) atoms. The van der Waals surface area contributed by atoms with Crippen LogP contribution in [0.15, 0.2) is 0 Å². The number of ether oxygens (including phenoxy) is 1. The van der Waals surface area contributed by atoms with E-state index in [0.29, 0.717) is 45.4 Å². The van der Waals surface area contributed by atoms with Gasteiger partial charge in [0.2, 0.25) is 0 Å². The fourth-order valence-electron chi connectivity index (χ4n) is 3.57. The van der Waals surface area contributed by atoms with Crippen LogP contribution < -0.4 is 5.32 Å². The van der Waals surface area contributed by atoms with E-state index in [9.17, 15) is 15.0 Å². The Morgan fingerprint density at radius 1 is 1.10 bits per heavy atom. The summed E-state index contributed by atoms with van der Waals surface area (Å²) in [6.45, 7) is 3.27. The van der Waals surface area contributed by atoms with E-state index in [4.69, 9.17) is 4.74 Å². The molecule has 0 radical (unpaired) electrons. The zero-order valence-electron chi connectivity index (χ0n) is 13.1. The third-order valence-corrected chi connectivity index (χ3v) is 4.98. The van der Waals surface area contributed by atoms with Gasteiger partial charge in [-0.25, -0.2) is 0 Å². The fourth-order valence-corrected chi connectivity index (χ4v) is 3.57. The first-order valence-corrected chi connectivity index (χ1v) is 8.28. The first kappa shape index (κ1) is 16.7. The minimum Gasteiger partial charge on any atom is -0.466 e. The molecular weight excluding hydrogens is 270 g/mol. The predicted octanol–water partition coefficient (Wildman–Crippen LogP) is 1.37. The van der Waals surface area contributed by atoms with E-state index in [2.05, 4.69) is 5.32 Å². The Morgan fingerprint density at radius 3 is 2.14 bits per heavy atom. The minimum absolute atomic E-state index is 0.0655. The molecule has 122 valence electrons. The standard InChI is InChI=1S/C16H29NO4/c1-2-21-14(18)13-5-9-16(20,10-6-13)12-17-11-15(19)7-3-4-8-15/h13,17,19-20H,2-12H2,1H3. The van der Waals surface area contributed by atoms with E-state index in [-0.39, 0.29) is 11.9 Å². The third-order valence-electron chi connectivity index (χ3n) is 4.98. The topological polar surface area (TPSA) is 78.8 Å². The van der Waals surface area contributed by atoms with Crippen LogP contribution >= 0.6 is 0 Å². The highest BCUT2D eigenvalue weighted by Gasteiger charge is 2.37. The highest BCUT2D eigenvalue weighted by atomic mass is 16.5. The van der Waals surface area contributed by atoms with Gasteiger partial charge in [-0.15, -0.1) is 0 Å². The maximum atomic E-state index is 11.7. The van der Waals surface area contributed by atoms with Gasteiger partial charge in [-0.05, 0) is 45.4 Å². The summed E-state index contributed by atoms with van der Waals surface area (Å²) in [4.78, 5) is 11.7. The van der Waals surface area contributed by atoms with Gasteiger partial charge in [0.1, 0.15) is 0 Å². The SMILES string of the molecule is CCOC(=O)C1CCC(O)(CNCC2(O)CCCC2)CC1. The lowest BCUT2D eigenvalue weighted by Crippen LogP contribution is -2.48. The van der Waals surface area contributed by atoms with Gasteiger partial charge in [-0.2, -0.15) is 0 Å². The fraction of sp³-hybridized carbons (Fsp3) is 0.938. The van der Waals surface area contributed by atoms with E-state index >= 15 is 0 Å². The lowest BCUT2D eigenvalue weighted by atomic mass is 9.78. The summed E-state index contributed by atoms with van der Waals surface area (Å²) >= 11 is 0. The molecule has 2 saturated carbocycles. The summed E-state index contributed by atoms with van der Waals surface area (Å²) in [6.07, 6.45) is 6.46. The van der Waals surface area contributed by atoms with E-state index in [1.807, 2.05) is 6.92 Å². The van der Waals surface area contributed by atoms with Crippen molar-refractivity contribution in [3.8, 4) is 0 Å². The third kappa shape index (κ3) is 4.66. The molecule has 0 heterocycles. The van der Waals surface area contributed by atoms with Gasteiger partial charge in [-0.3, -0.25) is 4.79 Å². The predicted molar refractivity (Wildman–Crippen MR) is 79.8 cm³/mol. The largest absolute Gasteiger partial charge is 0.466 e. The summed E-state index contributed by atoms with van der Waals surface area (Å²) in [6, 6.07) is 0. The van der Waals surface area contributed by atoms with Crippen LogP contribution in [0, 0.1) is 5.92 Å². The van der Waals surface area contributed by atoms with Gasteiger partial charge >= 0.3 is 5.97 Å². The van der Waals surface area contributed by atoms with Crippen molar-refractivity contribution < 1.29 is 19.7 Å². The number of hydrogen-bond donors (Lipinski definition) is 3. The Bertz CT molecular complexity index is 344. The number of nitrogens with one attached hydrogen (secondary N) is 1. The van der Waals surface area contributed by atoms with E-state index in [0.717, 1.165) is 25.7 Å². The van der Waals surface area contributed by atoms with Crippen LogP contribution in [0.25, 0.3) is 0 Å². The van der Waals surface area contributed by atoms with Crippen LogP contribution in [0.1, 0.15) is 58.3 Å². The molecule has 5 heteroatoms. The van der Waals surface area contributed by atoms with Crippen molar-refractivity contribution in [3.05, 3.63) is 0 Å². The maximum absolute atomic E-state index is 11.7. The van der Waals surface area contributed by atoms with Crippen LogP contribution in [0.5, 0.6) is 0 Å². The molecule has 5 nitrogen and oxygen atoms in total. The Kier molecular flexibility index (Phi) is 5.63. The molecule has 2 fully saturated rings. The molecule has 0 bridgehead atoms. The number of rotatable bonds is 6. The maximum Gasteiger partial charge on any atom is 0.308 e. The van der Waals surface area contributed by atoms with Crippen LogP contribution in [0.4, 0.5) is 0 Å². The zero-order chi connectivity index (χ0) is 15.3. The first-order valence-electron chi connectivity index (χ1n) is 8.28. The molecule has 0 saturated heterocycles. The number of esters is 1. The van der Waals surface area contributed by atoms with Crippen molar-refractivity contribution in [2.45, 2.75) is 69.5 Å². The number of hydrogen-bond acceptors (Lipinski definition) is 5. The molecule has 0 aliphatic heterocycles. The molecule has 0 aromatic rings. The minimum atomic E-state index is -0.752. The normalized spacial score (nSPS) is 32.0. The van der Waals surface area contributed by atoms with Gasteiger partial charge in [0, 0.05) is 13.1 Å². The van der Waals surface area contributed by atoms with Crippen LogP contribution in [-0.4, -0.2) is 47.1 Å². The molecule has 2 rings (SSSR count). The Balaban J connectivity index is 1.70. The van der Waals surface area contributed by atoms with Crippen molar-refractivity contribution in [1.29, 1.82) is 0 Å². The van der Waals surface area contributed by atoms with Crippen molar-refractivity contribution in [1.82, 2.24) is 5.32 Å². The van der Waals surface area contributed by atoms with Crippen molar-refractivity contribution >= 4 is 5.97 Å². The number of carbonyl (C=O) groups is 1. The van der Waals surface area contributed by atoms with Crippen LogP contribution in [0.3, 0.4) is 0 Å². The Morgan fingerprint density at radius 2 is 1.62 bits per heavy atom. The van der Waals surface area contributed by atoms with Gasteiger partial charge in [-0.1, -0.05) is 12.8 Å². The molecule has 0 spiro atoms. The van der Waals surface area contributed by atoms with Gasteiger partial charge in [0.25, 0.3) is 0 Å². The summed E-state index contributed by atoms with van der Waals surface area (Å²) < 4.78 is 5.04. The zero-order valence-corrected chi connectivity index (χ0v) is 13.1. The number of aliphatic hydroxyl groups is 2. The first-order chi connectivity index (χ1) is 9.96. The highest BCUT2D eigenvalue weighted by molar-refractivity contribution is 5.72. The van der Waals surface area contributed by atoms with Crippen molar-refractivity contribution in [2.75, 3.05) is 19.7 Å². The molecule has 0 amide bonds. The summed E-state index contributed by atoms with van der Waals surface area (Å²) in [5, 5.41) is 24.1. The van der Waals surface area contributed by atoms with E-state index < -0.39 is 11.2 Å². The number of carbonyl (C=O) groups excluding carboxylic acids is 1. The van der Waals surface area contributed by atoms with Crippen LogP contribution in [0.2, 0.25) is 0 Å². The average Bonchev–Trinajstić information content (AvgIpc) is 2.86. The second-order valence-electron chi connectivity index (χ2n) is 6.79. The van der Waals surface area contributed by atoms with Gasteiger partial charge in [0.15, 0.2) is 0 Å². The molecule has 0 atom stereocenters. The van der Waals surface area contributed by atoms with E-state index in [1.54, 1.807) is 0 Å². The molecular formula is C16H29NO4. The average molecular weight is 299 g/mol. The monoisotopic (exact) mass is 299 g/mol. The van der Waals surface area contributed by atoms with E-state index in [1.165, 1.54) is 0 Å². The molecule has 0 aromatic carbocycles. The molecule has 2 aliphatic carbocycles.